The Bertz CT molecular complexity index is 920. The van der Waals surface area contributed by atoms with Crippen LogP contribution < -0.4 is 0 Å². The molecule has 1 aromatic heterocycles. The van der Waals surface area contributed by atoms with Crippen LogP contribution in [0.15, 0.2) is 47.6 Å². The van der Waals surface area contributed by atoms with Crippen LogP contribution in [0.1, 0.15) is 55.2 Å². The number of aryl methyl sites for hydroxylation is 1. The van der Waals surface area contributed by atoms with Gasteiger partial charge in [-0.25, -0.2) is 4.39 Å². The fourth-order valence-electron chi connectivity index (χ4n) is 6.26. The van der Waals surface area contributed by atoms with Crippen molar-refractivity contribution in [3.05, 3.63) is 65.2 Å². The summed E-state index contributed by atoms with van der Waals surface area (Å²) in [4.78, 5) is 5.49. The first-order valence-electron chi connectivity index (χ1n) is 10.1. The van der Waals surface area contributed by atoms with Crippen molar-refractivity contribution in [1.82, 2.24) is 4.98 Å². The lowest BCUT2D eigenvalue weighted by atomic mass is 9.54. The summed E-state index contributed by atoms with van der Waals surface area (Å²) in [6, 6.07) is 8.79. The molecule has 1 fully saturated rings. The van der Waals surface area contributed by atoms with Crippen molar-refractivity contribution in [1.29, 1.82) is 0 Å². The third-order valence-electron chi connectivity index (χ3n) is 7.53. The molecular formula is C24H26FNS. The van der Waals surface area contributed by atoms with Crippen LogP contribution in [0.4, 0.5) is 4.39 Å². The Morgan fingerprint density at radius 2 is 2.07 bits per heavy atom. The zero-order valence-electron chi connectivity index (χ0n) is 16.0. The highest BCUT2D eigenvalue weighted by Crippen LogP contribution is 2.63. The van der Waals surface area contributed by atoms with Crippen molar-refractivity contribution in [3.8, 4) is 0 Å². The molecule has 140 valence electrons. The van der Waals surface area contributed by atoms with Crippen molar-refractivity contribution in [2.24, 2.45) is 17.3 Å². The van der Waals surface area contributed by atoms with Gasteiger partial charge in [-0.05, 0) is 102 Å². The standard InChI is InChI=1S/C24H26FNS/c1-24-10-9-20-19-6-4-18(27-2)12-15(19)3-5-21(20)23(24)8-7-22(24)16-11-17(25)14-26-13-16/h4,6-7,11-14,20-21,23H,3,5,8-10H2,1-2H3. The van der Waals surface area contributed by atoms with E-state index < -0.39 is 0 Å². The second-order valence-electron chi connectivity index (χ2n) is 8.68. The minimum absolute atomic E-state index is 0.160. The molecule has 1 saturated carbocycles. The van der Waals surface area contributed by atoms with Crippen LogP contribution in [-0.2, 0) is 6.42 Å². The summed E-state index contributed by atoms with van der Waals surface area (Å²) >= 11 is 1.84. The molecule has 3 aliphatic carbocycles. The molecule has 0 amide bonds. The average Bonchev–Trinajstić information content (AvgIpc) is 3.04. The summed E-state index contributed by atoms with van der Waals surface area (Å²) < 4.78 is 13.8. The number of pyridine rings is 1. The van der Waals surface area contributed by atoms with E-state index in [0.29, 0.717) is 11.8 Å². The normalized spacial score (nSPS) is 31.7. The number of hydrogen-bond donors (Lipinski definition) is 0. The fraction of sp³-hybridized carbons (Fsp3) is 0.458. The van der Waals surface area contributed by atoms with Gasteiger partial charge in [-0.3, -0.25) is 4.98 Å². The van der Waals surface area contributed by atoms with Crippen molar-refractivity contribution in [3.63, 3.8) is 0 Å². The molecule has 4 unspecified atom stereocenters. The fourth-order valence-corrected chi connectivity index (χ4v) is 6.72. The molecule has 4 atom stereocenters. The van der Waals surface area contributed by atoms with Crippen LogP contribution in [-0.4, -0.2) is 11.2 Å². The first-order valence-corrected chi connectivity index (χ1v) is 11.3. The summed E-state index contributed by atoms with van der Waals surface area (Å²) in [6.45, 7) is 2.42. The van der Waals surface area contributed by atoms with Gasteiger partial charge in [0.1, 0.15) is 5.82 Å². The molecule has 0 N–H and O–H groups in total. The van der Waals surface area contributed by atoms with Gasteiger partial charge in [0.2, 0.25) is 0 Å². The lowest BCUT2D eigenvalue weighted by molar-refractivity contribution is 0.0885. The van der Waals surface area contributed by atoms with E-state index in [-0.39, 0.29) is 11.2 Å². The lowest BCUT2D eigenvalue weighted by Crippen LogP contribution is -2.40. The molecule has 2 aromatic rings. The van der Waals surface area contributed by atoms with Gasteiger partial charge in [-0.15, -0.1) is 11.8 Å². The smallest absolute Gasteiger partial charge is 0.142 e. The molecule has 5 rings (SSSR count). The van der Waals surface area contributed by atoms with E-state index in [1.165, 1.54) is 42.3 Å². The Morgan fingerprint density at radius 3 is 2.89 bits per heavy atom. The molecule has 0 radical (unpaired) electrons. The van der Waals surface area contributed by atoms with Gasteiger partial charge in [0.05, 0.1) is 6.20 Å². The van der Waals surface area contributed by atoms with Crippen molar-refractivity contribution < 1.29 is 4.39 Å². The summed E-state index contributed by atoms with van der Waals surface area (Å²) in [6.07, 6.45) is 13.7. The highest BCUT2D eigenvalue weighted by atomic mass is 32.2. The minimum Gasteiger partial charge on any atom is -0.261 e. The molecule has 27 heavy (non-hydrogen) atoms. The average molecular weight is 380 g/mol. The third kappa shape index (κ3) is 2.69. The Balaban J connectivity index is 1.47. The Hall–Kier alpha value is -1.61. The molecule has 3 aliphatic rings. The lowest BCUT2D eigenvalue weighted by Gasteiger charge is -2.50. The Labute approximate surface area is 165 Å². The highest BCUT2D eigenvalue weighted by molar-refractivity contribution is 7.98. The number of rotatable bonds is 2. The zero-order chi connectivity index (χ0) is 18.6. The summed E-state index contributed by atoms with van der Waals surface area (Å²) in [7, 11) is 0. The predicted octanol–water partition coefficient (Wildman–Crippen LogP) is 6.49. The van der Waals surface area contributed by atoms with E-state index in [1.54, 1.807) is 17.2 Å². The molecule has 0 saturated heterocycles. The molecule has 1 aromatic carbocycles. The SMILES string of the molecule is CSc1ccc2c(c1)CCC1C2CCC2(C)C(c3cncc(F)c3)=CCC12. The first-order chi connectivity index (χ1) is 13.1. The maximum Gasteiger partial charge on any atom is 0.142 e. The molecule has 1 heterocycles. The van der Waals surface area contributed by atoms with Crippen LogP contribution in [0, 0.1) is 23.1 Å². The van der Waals surface area contributed by atoms with Gasteiger partial charge in [0.25, 0.3) is 0 Å². The van der Waals surface area contributed by atoms with Crippen molar-refractivity contribution in [2.75, 3.05) is 6.26 Å². The van der Waals surface area contributed by atoms with Gasteiger partial charge in [-0.2, -0.15) is 0 Å². The van der Waals surface area contributed by atoms with Crippen molar-refractivity contribution >= 4 is 17.3 Å². The number of fused-ring (bicyclic) bond motifs is 5. The number of nitrogens with zero attached hydrogens (tertiary/aromatic N) is 1. The number of hydrogen-bond acceptors (Lipinski definition) is 2. The minimum atomic E-state index is -0.231. The number of halogens is 1. The maximum absolute atomic E-state index is 13.8. The van der Waals surface area contributed by atoms with Crippen LogP contribution in [0.2, 0.25) is 0 Å². The second kappa shape index (κ2) is 6.48. The maximum atomic E-state index is 13.8. The molecule has 0 bridgehead atoms. The first kappa shape index (κ1) is 17.5. The zero-order valence-corrected chi connectivity index (χ0v) is 16.9. The molecule has 0 spiro atoms. The van der Waals surface area contributed by atoms with Gasteiger partial charge in [0, 0.05) is 11.1 Å². The summed E-state index contributed by atoms with van der Waals surface area (Å²) in [5, 5.41) is 0. The second-order valence-corrected chi connectivity index (χ2v) is 9.56. The summed E-state index contributed by atoms with van der Waals surface area (Å²) in [5.74, 6) is 1.88. The molecule has 1 nitrogen and oxygen atoms in total. The quantitative estimate of drug-likeness (QED) is 0.553. The van der Waals surface area contributed by atoms with E-state index in [2.05, 4.69) is 42.4 Å². The van der Waals surface area contributed by atoms with Crippen LogP contribution in [0.25, 0.3) is 5.57 Å². The molecular weight excluding hydrogens is 353 g/mol. The van der Waals surface area contributed by atoms with E-state index in [0.717, 1.165) is 17.9 Å². The van der Waals surface area contributed by atoms with E-state index in [4.69, 9.17) is 0 Å². The van der Waals surface area contributed by atoms with Gasteiger partial charge >= 0.3 is 0 Å². The predicted molar refractivity (Wildman–Crippen MR) is 110 cm³/mol. The molecule has 3 heteroatoms. The van der Waals surface area contributed by atoms with Crippen LogP contribution >= 0.6 is 11.8 Å². The van der Waals surface area contributed by atoms with E-state index in [9.17, 15) is 4.39 Å². The Kier molecular flexibility index (Phi) is 4.19. The van der Waals surface area contributed by atoms with E-state index in [1.807, 2.05) is 18.0 Å². The summed E-state index contributed by atoms with van der Waals surface area (Å²) in [5.41, 5.74) is 5.66. The van der Waals surface area contributed by atoms with Crippen LogP contribution in [0.5, 0.6) is 0 Å². The van der Waals surface area contributed by atoms with Crippen molar-refractivity contribution in [2.45, 2.75) is 49.8 Å². The number of aromatic nitrogens is 1. The molecule has 0 aliphatic heterocycles. The largest absolute Gasteiger partial charge is 0.261 e. The van der Waals surface area contributed by atoms with Gasteiger partial charge < -0.3 is 0 Å². The number of allylic oxidation sites excluding steroid dienone is 2. The van der Waals surface area contributed by atoms with Crippen LogP contribution in [0.3, 0.4) is 0 Å². The topological polar surface area (TPSA) is 12.9 Å². The van der Waals surface area contributed by atoms with Gasteiger partial charge in [0.15, 0.2) is 0 Å². The third-order valence-corrected chi connectivity index (χ3v) is 8.26. The Morgan fingerprint density at radius 1 is 1.19 bits per heavy atom. The number of thioether (sulfide) groups is 1. The monoisotopic (exact) mass is 379 g/mol. The van der Waals surface area contributed by atoms with Gasteiger partial charge in [-0.1, -0.05) is 19.1 Å². The number of benzene rings is 1. The van der Waals surface area contributed by atoms with E-state index >= 15 is 0 Å². The highest BCUT2D eigenvalue weighted by Gasteiger charge is 2.51.